The molecule has 1 aromatic carbocycles. The van der Waals surface area contributed by atoms with Gasteiger partial charge in [0.1, 0.15) is 0 Å². The quantitative estimate of drug-likeness (QED) is 0.773. The van der Waals surface area contributed by atoms with Crippen LogP contribution in [-0.4, -0.2) is 35.4 Å². The first-order valence-electron chi connectivity index (χ1n) is 7.65. The number of nitrogens with zero attached hydrogens (tertiary/aromatic N) is 4. The standard InChI is InChI=1S/C16H16N6O3S/c1-10(23)18-16-19-14-8-22(9-17)7-13(14)15(20-16)11-4-3-5-12(6-11)21-26(2,24)25/h3-6,21H,7-8H2,1-2H3,(H,18,19,20,23). The minimum Gasteiger partial charge on any atom is -0.300 e. The summed E-state index contributed by atoms with van der Waals surface area (Å²) in [6.45, 7) is 2.04. The zero-order chi connectivity index (χ0) is 18.9. The van der Waals surface area contributed by atoms with Gasteiger partial charge in [-0.3, -0.25) is 14.8 Å². The Labute approximate surface area is 150 Å². The summed E-state index contributed by atoms with van der Waals surface area (Å²) >= 11 is 0. The molecule has 0 radical (unpaired) electrons. The molecule has 1 aliphatic rings. The fourth-order valence-electron chi connectivity index (χ4n) is 2.72. The highest BCUT2D eigenvalue weighted by atomic mass is 32.2. The SMILES string of the molecule is CC(=O)Nc1nc2c(c(-c3cccc(NS(C)(=O)=O)c3)n1)CN(C#N)C2. The number of hydrogen-bond donors (Lipinski definition) is 2. The lowest BCUT2D eigenvalue weighted by molar-refractivity contribution is -0.114. The lowest BCUT2D eigenvalue weighted by atomic mass is 10.1. The van der Waals surface area contributed by atoms with E-state index in [0.717, 1.165) is 11.8 Å². The van der Waals surface area contributed by atoms with Gasteiger partial charge in [-0.05, 0) is 12.1 Å². The molecule has 1 aliphatic heterocycles. The summed E-state index contributed by atoms with van der Waals surface area (Å²) in [5.74, 6) is -0.161. The van der Waals surface area contributed by atoms with Gasteiger partial charge in [0.05, 0.1) is 30.7 Å². The number of aromatic nitrogens is 2. The fraction of sp³-hybridized carbons (Fsp3) is 0.250. The number of anilines is 2. The van der Waals surface area contributed by atoms with Gasteiger partial charge in [0.2, 0.25) is 21.9 Å². The van der Waals surface area contributed by atoms with Crippen LogP contribution in [0.15, 0.2) is 24.3 Å². The second-order valence-corrected chi connectivity index (χ2v) is 7.66. The van der Waals surface area contributed by atoms with E-state index in [2.05, 4.69) is 26.2 Å². The third kappa shape index (κ3) is 3.89. The first-order chi connectivity index (χ1) is 12.2. The molecular formula is C16H16N6O3S. The van der Waals surface area contributed by atoms with Crippen molar-refractivity contribution < 1.29 is 13.2 Å². The van der Waals surface area contributed by atoms with Crippen LogP contribution in [0, 0.1) is 11.5 Å². The Balaban J connectivity index is 2.10. The third-order valence-electron chi connectivity index (χ3n) is 3.65. The predicted octanol–water partition coefficient (Wildman–Crippen LogP) is 1.27. The van der Waals surface area contributed by atoms with Crippen LogP contribution in [0.5, 0.6) is 0 Å². The highest BCUT2D eigenvalue weighted by molar-refractivity contribution is 7.92. The molecular weight excluding hydrogens is 356 g/mol. The lowest BCUT2D eigenvalue weighted by Crippen LogP contribution is -2.12. The number of carbonyl (C=O) groups excluding carboxylic acids is 1. The second-order valence-electron chi connectivity index (χ2n) is 5.91. The van der Waals surface area contributed by atoms with Crippen LogP contribution in [0.2, 0.25) is 0 Å². The van der Waals surface area contributed by atoms with Crippen molar-refractivity contribution in [1.82, 2.24) is 14.9 Å². The number of nitriles is 1. The summed E-state index contributed by atoms with van der Waals surface area (Å²) in [5.41, 5.74) is 3.03. The van der Waals surface area contributed by atoms with Gasteiger partial charge in [-0.1, -0.05) is 12.1 Å². The number of nitrogens with one attached hydrogen (secondary N) is 2. The molecule has 2 aromatic rings. The average Bonchev–Trinajstić information content (AvgIpc) is 2.95. The maximum absolute atomic E-state index is 11.5. The van der Waals surface area contributed by atoms with Gasteiger partial charge < -0.3 is 4.90 Å². The predicted molar refractivity (Wildman–Crippen MR) is 95.1 cm³/mol. The summed E-state index contributed by atoms with van der Waals surface area (Å²) in [5, 5.41) is 11.7. The summed E-state index contributed by atoms with van der Waals surface area (Å²) < 4.78 is 25.4. The summed E-state index contributed by atoms with van der Waals surface area (Å²) in [6, 6.07) is 6.76. The molecule has 0 fully saturated rings. The minimum absolute atomic E-state index is 0.146. The number of carbonyl (C=O) groups is 1. The normalized spacial score (nSPS) is 13.0. The Morgan fingerprint density at radius 1 is 1.31 bits per heavy atom. The molecule has 1 aromatic heterocycles. The van der Waals surface area contributed by atoms with Gasteiger partial charge in [0.25, 0.3) is 0 Å². The Kier molecular flexibility index (Phi) is 4.48. The van der Waals surface area contributed by atoms with E-state index in [1.165, 1.54) is 11.8 Å². The molecule has 134 valence electrons. The van der Waals surface area contributed by atoms with E-state index in [1.54, 1.807) is 24.3 Å². The van der Waals surface area contributed by atoms with Crippen LogP contribution >= 0.6 is 0 Å². The van der Waals surface area contributed by atoms with E-state index < -0.39 is 10.0 Å². The Morgan fingerprint density at radius 2 is 2.08 bits per heavy atom. The fourth-order valence-corrected chi connectivity index (χ4v) is 3.28. The van der Waals surface area contributed by atoms with E-state index in [4.69, 9.17) is 5.26 Å². The van der Waals surface area contributed by atoms with Crippen molar-refractivity contribution in [2.45, 2.75) is 20.0 Å². The number of fused-ring (bicyclic) bond motifs is 1. The molecule has 0 saturated heterocycles. The molecule has 2 heterocycles. The van der Waals surface area contributed by atoms with E-state index >= 15 is 0 Å². The first-order valence-corrected chi connectivity index (χ1v) is 9.54. The van der Waals surface area contributed by atoms with Crippen LogP contribution in [0.1, 0.15) is 18.2 Å². The van der Waals surface area contributed by atoms with E-state index in [0.29, 0.717) is 35.7 Å². The van der Waals surface area contributed by atoms with Gasteiger partial charge in [0, 0.05) is 23.7 Å². The van der Waals surface area contributed by atoms with Crippen molar-refractivity contribution in [1.29, 1.82) is 5.26 Å². The maximum atomic E-state index is 11.5. The molecule has 2 N–H and O–H groups in total. The molecule has 0 bridgehead atoms. The molecule has 1 amide bonds. The van der Waals surface area contributed by atoms with Crippen molar-refractivity contribution >= 4 is 27.6 Å². The lowest BCUT2D eigenvalue weighted by Gasteiger charge is -2.11. The Hall–Kier alpha value is -3.19. The molecule has 3 rings (SSSR count). The summed E-state index contributed by atoms with van der Waals surface area (Å²) in [4.78, 5) is 21.6. The van der Waals surface area contributed by atoms with Gasteiger partial charge in [-0.25, -0.2) is 18.4 Å². The number of sulfonamides is 1. The highest BCUT2D eigenvalue weighted by Gasteiger charge is 2.25. The molecule has 10 heteroatoms. The molecule has 26 heavy (non-hydrogen) atoms. The maximum Gasteiger partial charge on any atom is 0.230 e. The van der Waals surface area contributed by atoms with E-state index in [9.17, 15) is 13.2 Å². The number of hydrogen-bond acceptors (Lipinski definition) is 7. The molecule has 0 saturated carbocycles. The van der Waals surface area contributed by atoms with E-state index in [1.807, 2.05) is 0 Å². The minimum atomic E-state index is -3.42. The summed E-state index contributed by atoms with van der Waals surface area (Å²) in [6.07, 6.45) is 3.15. The molecule has 0 unspecified atom stereocenters. The van der Waals surface area contributed by atoms with E-state index in [-0.39, 0.29) is 11.9 Å². The smallest absolute Gasteiger partial charge is 0.230 e. The van der Waals surface area contributed by atoms with Crippen LogP contribution in [0.4, 0.5) is 11.6 Å². The van der Waals surface area contributed by atoms with Gasteiger partial charge in [-0.2, -0.15) is 5.26 Å². The van der Waals surface area contributed by atoms with Gasteiger partial charge in [0.15, 0.2) is 6.19 Å². The van der Waals surface area contributed by atoms with Crippen LogP contribution in [0.3, 0.4) is 0 Å². The van der Waals surface area contributed by atoms with Crippen LogP contribution in [0.25, 0.3) is 11.3 Å². The van der Waals surface area contributed by atoms with Gasteiger partial charge in [-0.15, -0.1) is 0 Å². The largest absolute Gasteiger partial charge is 0.300 e. The zero-order valence-corrected chi connectivity index (χ0v) is 15.0. The Morgan fingerprint density at radius 3 is 2.73 bits per heavy atom. The molecule has 0 spiro atoms. The third-order valence-corrected chi connectivity index (χ3v) is 4.26. The molecule has 0 atom stereocenters. The van der Waals surface area contributed by atoms with Crippen molar-refractivity contribution in [3.05, 3.63) is 35.5 Å². The van der Waals surface area contributed by atoms with Gasteiger partial charge >= 0.3 is 0 Å². The number of benzene rings is 1. The van der Waals surface area contributed by atoms with Crippen molar-refractivity contribution in [2.24, 2.45) is 0 Å². The second kappa shape index (κ2) is 6.61. The first kappa shape index (κ1) is 17.6. The number of amides is 1. The monoisotopic (exact) mass is 372 g/mol. The topological polar surface area (TPSA) is 128 Å². The van der Waals surface area contributed by atoms with Crippen LogP contribution < -0.4 is 10.0 Å². The molecule has 9 nitrogen and oxygen atoms in total. The van der Waals surface area contributed by atoms with Crippen molar-refractivity contribution in [3.8, 4) is 17.5 Å². The Bertz CT molecular complexity index is 1030. The zero-order valence-electron chi connectivity index (χ0n) is 14.1. The van der Waals surface area contributed by atoms with Crippen molar-refractivity contribution in [3.63, 3.8) is 0 Å². The molecule has 0 aliphatic carbocycles. The van der Waals surface area contributed by atoms with Crippen LogP contribution in [-0.2, 0) is 27.9 Å². The summed E-state index contributed by atoms with van der Waals surface area (Å²) in [7, 11) is -3.42. The van der Waals surface area contributed by atoms with Crippen molar-refractivity contribution in [2.75, 3.05) is 16.3 Å². The highest BCUT2D eigenvalue weighted by Crippen LogP contribution is 2.32. The average molecular weight is 372 g/mol. The number of rotatable bonds is 4.